The molecule has 3 rings (SSSR count). The van der Waals surface area contributed by atoms with Gasteiger partial charge in [0.15, 0.2) is 5.09 Å². The van der Waals surface area contributed by atoms with E-state index in [9.17, 15) is 9.59 Å². The maximum atomic E-state index is 12.3. The molecule has 0 aliphatic rings. The van der Waals surface area contributed by atoms with Crippen LogP contribution in [-0.4, -0.2) is 31.4 Å². The minimum Gasteiger partial charge on any atom is -0.465 e. The topological polar surface area (TPSA) is 65.7 Å². The largest absolute Gasteiger partial charge is 0.465 e. The summed E-state index contributed by atoms with van der Waals surface area (Å²) in [5.74, 6) is 0.119. The second-order valence-electron chi connectivity index (χ2n) is 7.11. The van der Waals surface area contributed by atoms with E-state index in [1.54, 1.807) is 30.0 Å². The first kappa shape index (κ1) is 22.0. The molecular weight excluding hydrogens is 400 g/mol. The molecule has 0 atom stereocenters. The lowest BCUT2D eigenvalue weighted by Gasteiger charge is -2.09. The van der Waals surface area contributed by atoms with Gasteiger partial charge in [0.1, 0.15) is 5.58 Å². The zero-order valence-corrected chi connectivity index (χ0v) is 18.8. The first-order valence-electron chi connectivity index (χ1n) is 9.87. The van der Waals surface area contributed by atoms with Crippen LogP contribution in [-0.2, 0) is 15.9 Å². The lowest BCUT2D eigenvalue weighted by Crippen LogP contribution is -2.09. The van der Waals surface area contributed by atoms with Crippen molar-refractivity contribution in [3.63, 3.8) is 0 Å². The normalized spacial score (nSPS) is 11.0. The molecule has 5 nitrogen and oxygen atoms in total. The molecule has 0 amide bonds. The van der Waals surface area contributed by atoms with Crippen molar-refractivity contribution in [1.29, 1.82) is 0 Å². The first-order valence-corrected chi connectivity index (χ1v) is 10.9. The summed E-state index contributed by atoms with van der Waals surface area (Å²) in [4.78, 5) is 24.6. The Kier molecular flexibility index (Phi) is 6.87. The molecule has 1 aromatic heterocycles. The highest BCUT2D eigenvalue weighted by Crippen LogP contribution is 2.38. The lowest BCUT2D eigenvalue weighted by atomic mass is 9.97. The minimum atomic E-state index is -0.375. The molecule has 3 aromatic rings. The van der Waals surface area contributed by atoms with Crippen molar-refractivity contribution in [2.24, 2.45) is 0 Å². The Morgan fingerprint density at radius 2 is 1.77 bits per heavy atom. The summed E-state index contributed by atoms with van der Waals surface area (Å²) >= 11 is 1.60. The van der Waals surface area contributed by atoms with E-state index in [1.807, 2.05) is 32.9 Å². The summed E-state index contributed by atoms with van der Waals surface area (Å²) < 4.78 is 16.6. The fourth-order valence-electron chi connectivity index (χ4n) is 3.46. The second kappa shape index (κ2) is 9.39. The molecule has 0 aliphatic carbocycles. The molecule has 1 heterocycles. The standard InChI is InChI=1S/C24H26O5S/c1-6-30-24-18(11-12-28-22(25)17-9-7-14(2)8-10-17)20-16(4)19(23(26)27-5)13-15(3)21(20)29-24/h7-10,13H,6,11-12H2,1-5H3. The van der Waals surface area contributed by atoms with Gasteiger partial charge < -0.3 is 13.9 Å². The maximum absolute atomic E-state index is 12.3. The SMILES string of the molecule is CCSc1oc2c(C)cc(C(=O)OC)c(C)c2c1CCOC(=O)c1ccc(C)cc1. The summed E-state index contributed by atoms with van der Waals surface area (Å²) in [5, 5.41) is 1.70. The van der Waals surface area contributed by atoms with Crippen LogP contribution in [0.2, 0.25) is 0 Å². The summed E-state index contributed by atoms with van der Waals surface area (Å²) in [6.45, 7) is 8.06. The van der Waals surface area contributed by atoms with Gasteiger partial charge in [-0.15, -0.1) is 0 Å². The fourth-order valence-corrected chi connectivity index (χ4v) is 4.24. The van der Waals surface area contributed by atoms with Gasteiger partial charge in [0.25, 0.3) is 0 Å². The number of ether oxygens (including phenoxy) is 2. The van der Waals surface area contributed by atoms with Gasteiger partial charge in [-0.2, -0.15) is 0 Å². The fraction of sp³-hybridized carbons (Fsp3) is 0.333. The number of fused-ring (bicyclic) bond motifs is 1. The number of benzene rings is 2. The molecular formula is C24H26O5S. The molecule has 0 saturated heterocycles. The van der Waals surface area contributed by atoms with E-state index in [1.165, 1.54) is 7.11 Å². The van der Waals surface area contributed by atoms with E-state index in [-0.39, 0.29) is 18.5 Å². The molecule has 0 N–H and O–H groups in total. The van der Waals surface area contributed by atoms with Crippen LogP contribution in [0.4, 0.5) is 0 Å². The maximum Gasteiger partial charge on any atom is 0.338 e. The van der Waals surface area contributed by atoms with Crippen LogP contribution in [0.1, 0.15) is 49.9 Å². The van der Waals surface area contributed by atoms with Crippen LogP contribution < -0.4 is 0 Å². The number of hydrogen-bond donors (Lipinski definition) is 0. The number of methoxy groups -OCH3 is 1. The average molecular weight is 427 g/mol. The summed E-state index contributed by atoms with van der Waals surface area (Å²) in [5.41, 5.74) is 5.54. The number of carbonyl (C=O) groups is 2. The Hall–Kier alpha value is -2.73. The van der Waals surface area contributed by atoms with Crippen LogP contribution in [0.5, 0.6) is 0 Å². The monoisotopic (exact) mass is 426 g/mol. The Bertz CT molecular complexity index is 1080. The van der Waals surface area contributed by atoms with Crippen molar-refractivity contribution >= 4 is 34.7 Å². The smallest absolute Gasteiger partial charge is 0.338 e. The zero-order valence-electron chi connectivity index (χ0n) is 18.0. The molecule has 0 aliphatic heterocycles. The molecule has 2 aromatic carbocycles. The highest BCUT2D eigenvalue weighted by Gasteiger charge is 2.23. The summed E-state index contributed by atoms with van der Waals surface area (Å²) in [6, 6.07) is 9.10. The van der Waals surface area contributed by atoms with Crippen molar-refractivity contribution in [3.8, 4) is 0 Å². The molecule has 6 heteroatoms. The molecule has 158 valence electrons. The van der Waals surface area contributed by atoms with E-state index in [0.717, 1.165) is 44.1 Å². The van der Waals surface area contributed by atoms with Gasteiger partial charge >= 0.3 is 11.9 Å². The Labute approximate surface area is 180 Å². The summed E-state index contributed by atoms with van der Waals surface area (Å²) in [6.07, 6.45) is 0.498. The van der Waals surface area contributed by atoms with Gasteiger partial charge in [-0.25, -0.2) is 9.59 Å². The third kappa shape index (κ3) is 4.38. The molecule has 30 heavy (non-hydrogen) atoms. The number of aryl methyl sites for hydroxylation is 3. The van der Waals surface area contributed by atoms with Crippen molar-refractivity contribution < 1.29 is 23.5 Å². The van der Waals surface area contributed by atoms with Gasteiger partial charge in [-0.3, -0.25) is 0 Å². The second-order valence-corrected chi connectivity index (χ2v) is 8.35. The Morgan fingerprint density at radius 1 is 1.07 bits per heavy atom. The van der Waals surface area contributed by atoms with Crippen molar-refractivity contribution in [2.45, 2.75) is 39.2 Å². The van der Waals surface area contributed by atoms with Gasteiger partial charge in [-0.05, 0) is 55.9 Å². The average Bonchev–Trinajstić information content (AvgIpc) is 3.10. The van der Waals surface area contributed by atoms with Crippen LogP contribution in [0, 0.1) is 20.8 Å². The van der Waals surface area contributed by atoms with Crippen molar-refractivity contribution in [3.05, 3.63) is 63.7 Å². The Morgan fingerprint density at radius 3 is 2.40 bits per heavy atom. The predicted octanol–water partition coefficient (Wildman–Crippen LogP) is 5.66. The van der Waals surface area contributed by atoms with Crippen molar-refractivity contribution in [2.75, 3.05) is 19.5 Å². The third-order valence-electron chi connectivity index (χ3n) is 5.02. The molecule has 0 fully saturated rings. The van der Waals surface area contributed by atoms with Crippen LogP contribution in [0.3, 0.4) is 0 Å². The molecule has 0 radical (unpaired) electrons. The number of esters is 2. The minimum absolute atomic E-state index is 0.222. The lowest BCUT2D eigenvalue weighted by molar-refractivity contribution is 0.0507. The zero-order chi connectivity index (χ0) is 21.8. The van der Waals surface area contributed by atoms with E-state index < -0.39 is 0 Å². The molecule has 0 bridgehead atoms. The third-order valence-corrected chi connectivity index (χ3v) is 5.90. The van der Waals surface area contributed by atoms with E-state index in [2.05, 4.69) is 6.92 Å². The van der Waals surface area contributed by atoms with Crippen molar-refractivity contribution in [1.82, 2.24) is 0 Å². The first-order chi connectivity index (χ1) is 14.4. The quantitative estimate of drug-likeness (QED) is 0.359. The summed E-state index contributed by atoms with van der Waals surface area (Å²) in [7, 11) is 1.38. The van der Waals surface area contributed by atoms with Gasteiger partial charge in [0, 0.05) is 17.4 Å². The number of hydrogen-bond acceptors (Lipinski definition) is 6. The Balaban J connectivity index is 1.91. The molecule has 0 spiro atoms. The van der Waals surface area contributed by atoms with Crippen LogP contribution in [0.25, 0.3) is 11.0 Å². The number of furan rings is 1. The number of rotatable bonds is 7. The number of carbonyl (C=O) groups excluding carboxylic acids is 2. The van der Waals surface area contributed by atoms with E-state index in [4.69, 9.17) is 13.9 Å². The molecule has 0 saturated carbocycles. The van der Waals surface area contributed by atoms with E-state index >= 15 is 0 Å². The van der Waals surface area contributed by atoms with Crippen LogP contribution in [0.15, 0.2) is 39.8 Å². The molecule has 0 unspecified atom stereocenters. The highest BCUT2D eigenvalue weighted by atomic mass is 32.2. The predicted molar refractivity (Wildman–Crippen MR) is 119 cm³/mol. The van der Waals surface area contributed by atoms with Gasteiger partial charge in [-0.1, -0.05) is 36.4 Å². The van der Waals surface area contributed by atoms with E-state index in [0.29, 0.717) is 17.5 Å². The number of thioether (sulfide) groups is 1. The highest BCUT2D eigenvalue weighted by molar-refractivity contribution is 7.99. The van der Waals surface area contributed by atoms with Crippen LogP contribution >= 0.6 is 11.8 Å². The van der Waals surface area contributed by atoms with Gasteiger partial charge in [0.2, 0.25) is 0 Å². The van der Waals surface area contributed by atoms with Gasteiger partial charge in [0.05, 0.1) is 24.8 Å².